The Bertz CT molecular complexity index is 921. The van der Waals surface area contributed by atoms with Gasteiger partial charge in [-0.05, 0) is 34.1 Å². The van der Waals surface area contributed by atoms with E-state index in [0.717, 1.165) is 0 Å². The molecule has 1 aliphatic rings. The van der Waals surface area contributed by atoms with Crippen molar-refractivity contribution in [2.24, 2.45) is 0 Å². The van der Waals surface area contributed by atoms with Gasteiger partial charge in [0.2, 0.25) is 10.0 Å². The molecule has 0 spiro atoms. The van der Waals surface area contributed by atoms with Gasteiger partial charge in [0, 0.05) is 36.7 Å². The molecule has 0 atom stereocenters. The quantitative estimate of drug-likeness (QED) is 0.682. The summed E-state index contributed by atoms with van der Waals surface area (Å²) in [4.78, 5) is 14.0. The molecule has 2 heterocycles. The number of hydrogen-bond acceptors (Lipinski definition) is 6. The van der Waals surface area contributed by atoms with E-state index in [1.165, 1.54) is 30.9 Å². The van der Waals surface area contributed by atoms with Crippen LogP contribution < -0.4 is 9.47 Å². The van der Waals surface area contributed by atoms with Crippen LogP contribution in [-0.4, -0.2) is 63.9 Å². The highest BCUT2D eigenvalue weighted by Crippen LogP contribution is 2.36. The fourth-order valence-electron chi connectivity index (χ4n) is 2.86. The van der Waals surface area contributed by atoms with E-state index >= 15 is 0 Å². The van der Waals surface area contributed by atoms with E-state index in [-0.39, 0.29) is 42.7 Å². The largest absolute Gasteiger partial charge is 0.493 e. The minimum atomic E-state index is -3.76. The van der Waals surface area contributed by atoms with Crippen LogP contribution in [0, 0.1) is 0 Å². The molecule has 1 fully saturated rings. The van der Waals surface area contributed by atoms with Gasteiger partial charge in [-0.3, -0.25) is 4.79 Å². The van der Waals surface area contributed by atoms with E-state index in [1.54, 1.807) is 23.1 Å². The zero-order valence-corrected chi connectivity index (χ0v) is 17.2. The predicted molar refractivity (Wildman–Crippen MR) is 101 cm³/mol. The Kier molecular flexibility index (Phi) is 5.78. The van der Waals surface area contributed by atoms with Gasteiger partial charge in [-0.2, -0.15) is 4.31 Å². The Labute approximate surface area is 165 Å². The van der Waals surface area contributed by atoms with Crippen molar-refractivity contribution < 1.29 is 27.1 Å². The average Bonchev–Trinajstić information content (AvgIpc) is 3.21. The third-order valence-corrected chi connectivity index (χ3v) is 7.17. The van der Waals surface area contributed by atoms with Gasteiger partial charge < -0.3 is 18.8 Å². The SMILES string of the molecule is COc1cc(Br)c(S(=O)(=O)N2CCN(C(=O)c3ccco3)CC2)cc1OC. The molecule has 0 aliphatic carbocycles. The number of methoxy groups -OCH3 is 2. The van der Waals surface area contributed by atoms with Gasteiger partial charge in [-0.1, -0.05) is 0 Å². The monoisotopic (exact) mass is 458 g/mol. The van der Waals surface area contributed by atoms with Crippen molar-refractivity contribution >= 4 is 31.9 Å². The number of sulfonamides is 1. The second-order valence-electron chi connectivity index (χ2n) is 5.81. The minimum Gasteiger partial charge on any atom is -0.493 e. The van der Waals surface area contributed by atoms with Crippen molar-refractivity contribution in [1.82, 2.24) is 9.21 Å². The van der Waals surface area contributed by atoms with E-state index in [4.69, 9.17) is 13.9 Å². The summed E-state index contributed by atoms with van der Waals surface area (Å²) in [6.45, 7) is 0.943. The Morgan fingerprint density at radius 1 is 1.11 bits per heavy atom. The lowest BCUT2D eigenvalue weighted by atomic mass is 10.3. The number of carbonyl (C=O) groups is 1. The van der Waals surface area contributed by atoms with E-state index in [1.807, 2.05) is 0 Å². The van der Waals surface area contributed by atoms with Gasteiger partial charge in [0.1, 0.15) is 4.90 Å². The summed E-state index contributed by atoms with van der Waals surface area (Å²) < 4.78 is 43.4. The summed E-state index contributed by atoms with van der Waals surface area (Å²) in [6, 6.07) is 6.22. The summed E-state index contributed by atoms with van der Waals surface area (Å²) >= 11 is 3.30. The van der Waals surface area contributed by atoms with Crippen molar-refractivity contribution in [3.05, 3.63) is 40.8 Å². The first kappa shape index (κ1) is 19.7. The molecule has 0 saturated carbocycles. The van der Waals surface area contributed by atoms with Gasteiger partial charge in [0.05, 0.1) is 20.5 Å². The number of piperazine rings is 1. The summed E-state index contributed by atoms with van der Waals surface area (Å²) in [7, 11) is -0.838. The van der Waals surface area contributed by atoms with Gasteiger partial charge in [-0.15, -0.1) is 0 Å². The molecule has 0 unspecified atom stereocenters. The molecule has 0 bridgehead atoms. The lowest BCUT2D eigenvalue weighted by Gasteiger charge is -2.33. The first-order valence-electron chi connectivity index (χ1n) is 8.13. The molecule has 1 saturated heterocycles. The third-order valence-electron chi connectivity index (χ3n) is 4.31. The maximum atomic E-state index is 13.1. The van der Waals surface area contributed by atoms with Gasteiger partial charge >= 0.3 is 0 Å². The van der Waals surface area contributed by atoms with Crippen LogP contribution >= 0.6 is 15.9 Å². The third kappa shape index (κ3) is 3.83. The molecule has 0 radical (unpaired) electrons. The molecule has 10 heteroatoms. The summed E-state index contributed by atoms with van der Waals surface area (Å²) in [6.07, 6.45) is 1.43. The van der Waals surface area contributed by atoms with Crippen molar-refractivity contribution in [2.45, 2.75) is 4.90 Å². The van der Waals surface area contributed by atoms with Crippen LogP contribution in [0.4, 0.5) is 0 Å². The fourth-order valence-corrected chi connectivity index (χ4v) is 5.28. The average molecular weight is 459 g/mol. The van der Waals surface area contributed by atoms with Gasteiger partial charge in [0.15, 0.2) is 17.3 Å². The Morgan fingerprint density at radius 2 is 1.74 bits per heavy atom. The number of halogens is 1. The molecule has 27 heavy (non-hydrogen) atoms. The molecule has 3 rings (SSSR count). The summed E-state index contributed by atoms with van der Waals surface area (Å²) in [5.74, 6) is 0.751. The van der Waals surface area contributed by atoms with E-state index in [2.05, 4.69) is 15.9 Å². The number of carbonyl (C=O) groups excluding carboxylic acids is 1. The van der Waals surface area contributed by atoms with Crippen LogP contribution in [0.2, 0.25) is 0 Å². The molecule has 2 aromatic rings. The lowest BCUT2D eigenvalue weighted by molar-refractivity contribution is 0.0666. The van der Waals surface area contributed by atoms with Crippen LogP contribution in [-0.2, 0) is 10.0 Å². The molecule has 146 valence electrons. The van der Waals surface area contributed by atoms with E-state index in [0.29, 0.717) is 16.0 Å². The van der Waals surface area contributed by atoms with Gasteiger partial charge in [-0.25, -0.2) is 8.42 Å². The Hall–Kier alpha value is -2.04. The highest BCUT2D eigenvalue weighted by molar-refractivity contribution is 9.10. The number of hydrogen-bond donors (Lipinski definition) is 0. The van der Waals surface area contributed by atoms with Crippen molar-refractivity contribution in [3.8, 4) is 11.5 Å². The Balaban J connectivity index is 1.78. The molecule has 1 aromatic heterocycles. The van der Waals surface area contributed by atoms with Gasteiger partial charge in [0.25, 0.3) is 5.91 Å². The number of nitrogens with zero attached hydrogens (tertiary/aromatic N) is 2. The molecule has 0 N–H and O–H groups in total. The molecule has 1 amide bonds. The maximum absolute atomic E-state index is 13.1. The smallest absolute Gasteiger partial charge is 0.289 e. The number of ether oxygens (including phenoxy) is 2. The second kappa shape index (κ2) is 7.91. The molecular formula is C17H19BrN2O6S. The predicted octanol–water partition coefficient (Wildman–Crippen LogP) is 2.21. The molecule has 1 aromatic carbocycles. The van der Waals surface area contributed by atoms with Crippen LogP contribution in [0.5, 0.6) is 11.5 Å². The minimum absolute atomic E-state index is 0.0889. The molecule has 1 aliphatic heterocycles. The zero-order chi connectivity index (χ0) is 19.6. The van der Waals surface area contributed by atoms with Crippen molar-refractivity contribution in [3.63, 3.8) is 0 Å². The molecular weight excluding hydrogens is 440 g/mol. The number of furan rings is 1. The highest BCUT2D eigenvalue weighted by atomic mass is 79.9. The first-order valence-corrected chi connectivity index (χ1v) is 10.4. The zero-order valence-electron chi connectivity index (χ0n) is 14.8. The van der Waals surface area contributed by atoms with Crippen LogP contribution in [0.15, 0.2) is 44.3 Å². The number of benzene rings is 1. The van der Waals surface area contributed by atoms with E-state index in [9.17, 15) is 13.2 Å². The normalized spacial score (nSPS) is 15.6. The van der Waals surface area contributed by atoms with E-state index < -0.39 is 10.0 Å². The number of rotatable bonds is 5. The fraction of sp³-hybridized carbons (Fsp3) is 0.353. The molecule has 8 nitrogen and oxygen atoms in total. The van der Waals surface area contributed by atoms with Crippen molar-refractivity contribution in [1.29, 1.82) is 0 Å². The van der Waals surface area contributed by atoms with Crippen LogP contribution in [0.3, 0.4) is 0 Å². The van der Waals surface area contributed by atoms with Crippen molar-refractivity contribution in [2.75, 3.05) is 40.4 Å². The Morgan fingerprint density at radius 3 is 2.30 bits per heavy atom. The standard InChI is InChI=1S/C17H19BrN2O6S/c1-24-14-10-12(18)16(11-15(14)25-2)27(22,23)20-7-5-19(6-8-20)17(21)13-4-3-9-26-13/h3-4,9-11H,5-8H2,1-2H3. The lowest BCUT2D eigenvalue weighted by Crippen LogP contribution is -2.50. The summed E-state index contributed by atoms with van der Waals surface area (Å²) in [5, 5.41) is 0. The summed E-state index contributed by atoms with van der Waals surface area (Å²) in [5.41, 5.74) is 0. The topological polar surface area (TPSA) is 89.3 Å². The first-order chi connectivity index (χ1) is 12.9. The highest BCUT2D eigenvalue weighted by Gasteiger charge is 2.33. The maximum Gasteiger partial charge on any atom is 0.289 e. The van der Waals surface area contributed by atoms with Crippen LogP contribution in [0.1, 0.15) is 10.6 Å². The second-order valence-corrected chi connectivity index (χ2v) is 8.57. The van der Waals surface area contributed by atoms with Crippen LogP contribution in [0.25, 0.3) is 0 Å². The number of amides is 1.